The van der Waals surface area contributed by atoms with Crippen LogP contribution in [0, 0.1) is 0 Å². The first-order valence-electron chi connectivity index (χ1n) is 8.13. The lowest BCUT2D eigenvalue weighted by Gasteiger charge is -2.23. The third-order valence-electron chi connectivity index (χ3n) is 3.65. The molecule has 0 atom stereocenters. The predicted molar refractivity (Wildman–Crippen MR) is 93.8 cm³/mol. The topological polar surface area (TPSA) is 73.7 Å². The van der Waals surface area contributed by atoms with Gasteiger partial charge < -0.3 is 9.47 Å². The second kappa shape index (κ2) is 8.42. The summed E-state index contributed by atoms with van der Waals surface area (Å²) in [6, 6.07) is 0.0847. The molecule has 0 saturated carbocycles. The van der Waals surface area contributed by atoms with Crippen molar-refractivity contribution in [1.82, 2.24) is 14.1 Å². The van der Waals surface area contributed by atoms with Gasteiger partial charge in [-0.25, -0.2) is 8.42 Å². The molecule has 1 rings (SSSR count). The second-order valence-electron chi connectivity index (χ2n) is 7.06. The molecular weight excluding hydrogens is 330 g/mol. The summed E-state index contributed by atoms with van der Waals surface area (Å²) in [5.74, 6) is 0. The Morgan fingerprint density at radius 3 is 2.04 bits per heavy atom. The van der Waals surface area contributed by atoms with Crippen molar-refractivity contribution in [2.24, 2.45) is 0 Å². The van der Waals surface area contributed by atoms with Crippen molar-refractivity contribution >= 4 is 10.0 Å². The van der Waals surface area contributed by atoms with Gasteiger partial charge in [0.25, 0.3) is 0 Å². The van der Waals surface area contributed by atoms with E-state index in [1.165, 1.54) is 4.31 Å². The monoisotopic (exact) mass is 361 g/mol. The summed E-state index contributed by atoms with van der Waals surface area (Å²) in [5, 5.41) is 4.54. The van der Waals surface area contributed by atoms with E-state index in [1.54, 1.807) is 25.1 Å². The van der Waals surface area contributed by atoms with Crippen molar-refractivity contribution in [1.29, 1.82) is 0 Å². The van der Waals surface area contributed by atoms with E-state index in [0.717, 1.165) is 0 Å². The minimum absolute atomic E-state index is 0.0847. The highest BCUT2D eigenvalue weighted by atomic mass is 32.2. The van der Waals surface area contributed by atoms with Gasteiger partial charge in [0.05, 0.1) is 18.9 Å². The summed E-state index contributed by atoms with van der Waals surface area (Å²) < 4.78 is 39.6. The molecule has 0 aliphatic rings. The Balaban J connectivity index is 3.36. The van der Waals surface area contributed by atoms with Crippen molar-refractivity contribution in [3.05, 3.63) is 11.9 Å². The van der Waals surface area contributed by atoms with Gasteiger partial charge in [0.1, 0.15) is 4.90 Å². The van der Waals surface area contributed by atoms with Gasteiger partial charge in [-0.3, -0.25) is 4.68 Å². The van der Waals surface area contributed by atoms with E-state index in [9.17, 15) is 8.42 Å². The molecule has 0 aliphatic carbocycles. The van der Waals surface area contributed by atoms with Crippen molar-refractivity contribution in [2.45, 2.75) is 51.0 Å². The molecule has 0 radical (unpaired) electrons. The van der Waals surface area contributed by atoms with Crippen LogP contribution in [0.1, 0.15) is 46.4 Å². The standard InChI is InChI=1S/C16H31N3O4S/c1-13(2)19-12-14(15(17-19)16(3,4)5)24(20,21)18(8-10-22-6)9-11-23-7/h12-13H,8-11H2,1-7H3. The molecular formula is C16H31N3O4S. The third-order valence-corrected chi connectivity index (χ3v) is 5.54. The molecule has 0 bridgehead atoms. The highest BCUT2D eigenvalue weighted by Gasteiger charge is 2.34. The maximum atomic E-state index is 13.2. The number of rotatable bonds is 9. The van der Waals surface area contributed by atoms with E-state index in [-0.39, 0.29) is 29.4 Å². The third kappa shape index (κ3) is 5.02. The van der Waals surface area contributed by atoms with Gasteiger partial charge in [-0.05, 0) is 13.8 Å². The maximum Gasteiger partial charge on any atom is 0.246 e. The summed E-state index contributed by atoms with van der Waals surface area (Å²) in [7, 11) is -0.574. The molecule has 0 unspecified atom stereocenters. The highest BCUT2D eigenvalue weighted by molar-refractivity contribution is 7.89. The van der Waals surface area contributed by atoms with Crippen LogP contribution in [0.15, 0.2) is 11.1 Å². The summed E-state index contributed by atoms with van der Waals surface area (Å²) in [4.78, 5) is 0.260. The molecule has 0 amide bonds. The van der Waals surface area contributed by atoms with Crippen molar-refractivity contribution in [2.75, 3.05) is 40.5 Å². The predicted octanol–water partition coefficient (Wildman–Crippen LogP) is 2.04. The molecule has 140 valence electrons. The molecule has 0 N–H and O–H groups in total. The van der Waals surface area contributed by atoms with Gasteiger partial charge in [-0.15, -0.1) is 0 Å². The fourth-order valence-electron chi connectivity index (χ4n) is 2.23. The van der Waals surface area contributed by atoms with E-state index in [4.69, 9.17) is 9.47 Å². The molecule has 0 fully saturated rings. The largest absolute Gasteiger partial charge is 0.383 e. The van der Waals surface area contributed by atoms with E-state index in [2.05, 4.69) is 5.10 Å². The van der Waals surface area contributed by atoms with Crippen molar-refractivity contribution in [3.63, 3.8) is 0 Å². The second-order valence-corrected chi connectivity index (χ2v) is 8.96. The van der Waals surface area contributed by atoms with Crippen LogP contribution in [0.5, 0.6) is 0 Å². The van der Waals surface area contributed by atoms with E-state index in [0.29, 0.717) is 18.9 Å². The van der Waals surface area contributed by atoms with Crippen LogP contribution in [0.25, 0.3) is 0 Å². The lowest BCUT2D eigenvalue weighted by molar-refractivity contribution is 0.150. The van der Waals surface area contributed by atoms with Crippen molar-refractivity contribution < 1.29 is 17.9 Å². The lowest BCUT2D eigenvalue weighted by atomic mass is 9.92. The summed E-state index contributed by atoms with van der Waals surface area (Å²) in [5.41, 5.74) is 0.201. The Hall–Kier alpha value is -0.960. The SMILES string of the molecule is COCCN(CCOC)S(=O)(=O)c1cn(C(C)C)nc1C(C)(C)C. The molecule has 24 heavy (non-hydrogen) atoms. The zero-order valence-corrected chi connectivity index (χ0v) is 16.7. The van der Waals surface area contributed by atoms with Gasteiger partial charge in [0, 0.05) is 45.0 Å². The van der Waals surface area contributed by atoms with Crippen LogP contribution in [0.2, 0.25) is 0 Å². The molecule has 0 aromatic carbocycles. The summed E-state index contributed by atoms with van der Waals surface area (Å²) in [6.45, 7) is 11.1. The van der Waals surface area contributed by atoms with Crippen molar-refractivity contribution in [3.8, 4) is 0 Å². The van der Waals surface area contributed by atoms with Crippen LogP contribution in [0.3, 0.4) is 0 Å². The molecule has 0 spiro atoms. The minimum atomic E-state index is -3.68. The molecule has 8 heteroatoms. The Morgan fingerprint density at radius 2 is 1.67 bits per heavy atom. The molecule has 1 heterocycles. The van der Waals surface area contributed by atoms with Crippen LogP contribution < -0.4 is 0 Å². The van der Waals surface area contributed by atoms with Crippen LogP contribution >= 0.6 is 0 Å². The number of hydrogen-bond donors (Lipinski definition) is 0. The number of methoxy groups -OCH3 is 2. The Kier molecular flexibility index (Phi) is 7.40. The highest BCUT2D eigenvalue weighted by Crippen LogP contribution is 2.30. The van der Waals surface area contributed by atoms with Gasteiger partial charge in [-0.2, -0.15) is 9.40 Å². The molecule has 0 aliphatic heterocycles. The average Bonchev–Trinajstić information content (AvgIpc) is 2.93. The minimum Gasteiger partial charge on any atom is -0.383 e. The zero-order chi connectivity index (χ0) is 18.5. The van der Waals surface area contributed by atoms with Crippen LogP contribution in [-0.4, -0.2) is 63.0 Å². The fraction of sp³-hybridized carbons (Fsp3) is 0.812. The molecule has 0 saturated heterocycles. The number of ether oxygens (including phenoxy) is 2. The number of sulfonamides is 1. The van der Waals surface area contributed by atoms with Gasteiger partial charge in [0.2, 0.25) is 10.0 Å². The number of aromatic nitrogens is 2. The first kappa shape index (κ1) is 21.1. The zero-order valence-electron chi connectivity index (χ0n) is 15.9. The first-order chi connectivity index (χ1) is 11.1. The first-order valence-corrected chi connectivity index (χ1v) is 9.57. The van der Waals surface area contributed by atoms with E-state index >= 15 is 0 Å². The smallest absolute Gasteiger partial charge is 0.246 e. The Labute approximate surface area is 146 Å². The van der Waals surface area contributed by atoms with Gasteiger partial charge in [0.15, 0.2) is 0 Å². The molecule has 7 nitrogen and oxygen atoms in total. The van der Waals surface area contributed by atoms with Gasteiger partial charge >= 0.3 is 0 Å². The lowest BCUT2D eigenvalue weighted by Crippen LogP contribution is -2.37. The van der Waals surface area contributed by atoms with E-state index < -0.39 is 10.0 Å². The summed E-state index contributed by atoms with van der Waals surface area (Å²) >= 11 is 0. The Morgan fingerprint density at radius 1 is 1.17 bits per heavy atom. The summed E-state index contributed by atoms with van der Waals surface area (Å²) in [6.07, 6.45) is 1.63. The Bertz CT molecular complexity index is 610. The normalized spacial score (nSPS) is 13.2. The van der Waals surface area contributed by atoms with Gasteiger partial charge in [-0.1, -0.05) is 20.8 Å². The molecule has 1 aromatic rings. The van der Waals surface area contributed by atoms with Crippen LogP contribution in [-0.2, 0) is 24.9 Å². The maximum absolute atomic E-state index is 13.2. The quantitative estimate of drug-likeness (QED) is 0.673. The molecule has 1 aromatic heterocycles. The number of nitrogens with zero attached hydrogens (tertiary/aromatic N) is 3. The van der Waals surface area contributed by atoms with Crippen LogP contribution in [0.4, 0.5) is 0 Å². The average molecular weight is 362 g/mol. The number of hydrogen-bond acceptors (Lipinski definition) is 5. The van der Waals surface area contributed by atoms with E-state index in [1.807, 2.05) is 34.6 Å². The fourth-order valence-corrected chi connectivity index (χ4v) is 3.97.